The summed E-state index contributed by atoms with van der Waals surface area (Å²) in [5, 5.41) is 5.75. The van der Waals surface area contributed by atoms with E-state index in [2.05, 4.69) is 26.6 Å². The Bertz CT molecular complexity index is 632. The molecule has 0 aliphatic heterocycles. The fourth-order valence-corrected chi connectivity index (χ4v) is 1.35. The van der Waals surface area contributed by atoms with E-state index in [1.165, 1.54) is 24.3 Å². The van der Waals surface area contributed by atoms with E-state index >= 15 is 0 Å². The van der Waals surface area contributed by atoms with Crippen LogP contribution < -0.4 is 5.32 Å². The molecule has 0 fully saturated rings. The van der Waals surface area contributed by atoms with Gasteiger partial charge < -0.3 is 9.84 Å². The van der Waals surface area contributed by atoms with Crippen molar-refractivity contribution in [3.05, 3.63) is 42.8 Å². The summed E-state index contributed by atoms with van der Waals surface area (Å²) < 4.78 is 41.1. The molecule has 0 aliphatic rings. The quantitative estimate of drug-likeness (QED) is 0.879. The van der Waals surface area contributed by atoms with Crippen molar-refractivity contribution >= 4 is 11.6 Å². The van der Waals surface area contributed by atoms with Gasteiger partial charge in [-0.05, 0) is 30.3 Å². The monoisotopic (exact) mass is 283 g/mol. The topological polar surface area (TPSA) is 68.0 Å². The van der Waals surface area contributed by atoms with E-state index in [0.717, 1.165) is 6.08 Å². The number of aromatic nitrogens is 2. The first kappa shape index (κ1) is 13.8. The molecule has 0 spiro atoms. The minimum atomic E-state index is -4.68. The molecule has 1 aromatic carbocycles. The highest BCUT2D eigenvalue weighted by atomic mass is 19.4. The third-order valence-corrected chi connectivity index (χ3v) is 2.26. The molecule has 5 nitrogen and oxygen atoms in total. The van der Waals surface area contributed by atoms with Crippen LogP contribution >= 0.6 is 0 Å². The first-order chi connectivity index (χ1) is 9.40. The van der Waals surface area contributed by atoms with Crippen LogP contribution in [-0.4, -0.2) is 16.0 Å². The molecule has 1 heterocycles. The van der Waals surface area contributed by atoms with E-state index in [1.807, 2.05) is 0 Å². The summed E-state index contributed by atoms with van der Waals surface area (Å²) in [6.45, 7) is 3.30. The van der Waals surface area contributed by atoms with Crippen LogP contribution in [-0.2, 0) is 11.0 Å². The lowest BCUT2D eigenvalue weighted by molar-refractivity contribution is -0.159. The number of halogens is 3. The smallest absolute Gasteiger partial charge is 0.329 e. The van der Waals surface area contributed by atoms with Crippen LogP contribution in [0.1, 0.15) is 5.89 Å². The van der Waals surface area contributed by atoms with Crippen LogP contribution in [0.4, 0.5) is 18.9 Å². The lowest BCUT2D eigenvalue weighted by Gasteiger charge is -2.02. The normalized spacial score (nSPS) is 11.2. The summed E-state index contributed by atoms with van der Waals surface area (Å²) in [4.78, 5) is 14.3. The second-order valence-corrected chi connectivity index (χ2v) is 3.69. The minimum Gasteiger partial charge on any atom is -0.329 e. The van der Waals surface area contributed by atoms with Crippen molar-refractivity contribution in [2.45, 2.75) is 6.18 Å². The van der Waals surface area contributed by atoms with Crippen molar-refractivity contribution in [2.75, 3.05) is 5.32 Å². The van der Waals surface area contributed by atoms with Gasteiger partial charge in [0.05, 0.1) is 0 Å². The maximum Gasteiger partial charge on any atom is 0.471 e. The molecule has 0 saturated carbocycles. The van der Waals surface area contributed by atoms with Crippen molar-refractivity contribution in [1.82, 2.24) is 10.1 Å². The van der Waals surface area contributed by atoms with Gasteiger partial charge in [-0.2, -0.15) is 18.2 Å². The Balaban J connectivity index is 2.20. The number of carbonyl (C=O) groups excluding carboxylic acids is 1. The molecule has 0 saturated heterocycles. The lowest BCUT2D eigenvalue weighted by atomic mass is 10.2. The first-order valence-corrected chi connectivity index (χ1v) is 5.35. The van der Waals surface area contributed by atoms with E-state index in [1.54, 1.807) is 0 Å². The molecule has 20 heavy (non-hydrogen) atoms. The minimum absolute atomic E-state index is 0.182. The average molecular weight is 283 g/mol. The van der Waals surface area contributed by atoms with E-state index in [4.69, 9.17) is 0 Å². The summed E-state index contributed by atoms with van der Waals surface area (Å²) in [6.07, 6.45) is -3.58. The summed E-state index contributed by atoms with van der Waals surface area (Å²) in [5.41, 5.74) is 0.805. The zero-order valence-corrected chi connectivity index (χ0v) is 9.94. The third-order valence-electron chi connectivity index (χ3n) is 2.26. The molecular weight excluding hydrogens is 275 g/mol. The number of rotatable bonds is 3. The van der Waals surface area contributed by atoms with Crippen molar-refractivity contribution in [2.24, 2.45) is 0 Å². The first-order valence-electron chi connectivity index (χ1n) is 5.35. The molecule has 0 bridgehead atoms. The molecule has 1 N–H and O–H groups in total. The van der Waals surface area contributed by atoms with Gasteiger partial charge in [0.15, 0.2) is 0 Å². The van der Waals surface area contributed by atoms with Gasteiger partial charge in [-0.15, -0.1) is 0 Å². The van der Waals surface area contributed by atoms with Crippen LogP contribution in [0.5, 0.6) is 0 Å². The highest BCUT2D eigenvalue weighted by Gasteiger charge is 2.38. The van der Waals surface area contributed by atoms with Crippen molar-refractivity contribution in [3.63, 3.8) is 0 Å². The van der Waals surface area contributed by atoms with Crippen molar-refractivity contribution < 1.29 is 22.5 Å². The number of benzene rings is 1. The van der Waals surface area contributed by atoms with Gasteiger partial charge in [0.25, 0.3) is 0 Å². The molecule has 0 atom stereocenters. The SMILES string of the molecule is C=CC(=O)Nc1ccc(-c2noc(C(F)(F)F)n2)cc1. The van der Waals surface area contributed by atoms with Crippen LogP contribution in [0.25, 0.3) is 11.4 Å². The molecular formula is C12H8F3N3O2. The molecule has 2 rings (SSSR count). The predicted octanol–water partition coefficient (Wildman–Crippen LogP) is 2.88. The Hall–Kier alpha value is -2.64. The molecule has 8 heteroatoms. The molecule has 0 radical (unpaired) electrons. The van der Waals surface area contributed by atoms with E-state index in [0.29, 0.717) is 11.3 Å². The second kappa shape index (κ2) is 5.16. The van der Waals surface area contributed by atoms with Gasteiger partial charge >= 0.3 is 12.1 Å². The number of nitrogens with one attached hydrogen (secondary N) is 1. The molecule has 0 aliphatic carbocycles. The summed E-state index contributed by atoms with van der Waals surface area (Å²) in [5.74, 6) is -1.98. The van der Waals surface area contributed by atoms with Gasteiger partial charge in [-0.1, -0.05) is 11.7 Å². The standard InChI is InChI=1S/C12H8F3N3O2/c1-2-9(19)16-8-5-3-7(4-6-8)10-17-11(20-18-10)12(13,14)15/h2-6H,1H2,(H,16,19). The van der Waals surface area contributed by atoms with E-state index < -0.39 is 18.0 Å². The Morgan fingerprint density at radius 2 is 1.95 bits per heavy atom. The molecule has 1 aromatic heterocycles. The number of amides is 1. The fraction of sp³-hybridized carbons (Fsp3) is 0.0833. The maximum absolute atomic E-state index is 12.3. The zero-order chi connectivity index (χ0) is 14.8. The molecule has 104 valence electrons. The number of alkyl halides is 3. The maximum atomic E-state index is 12.3. The number of hydrogen-bond donors (Lipinski definition) is 1. The molecule has 0 unspecified atom stereocenters. The highest BCUT2D eigenvalue weighted by molar-refractivity contribution is 5.98. The number of nitrogens with zero attached hydrogens (tertiary/aromatic N) is 2. The number of anilines is 1. The number of hydrogen-bond acceptors (Lipinski definition) is 4. The summed E-state index contributed by atoms with van der Waals surface area (Å²) >= 11 is 0. The van der Waals surface area contributed by atoms with Gasteiger partial charge in [0.2, 0.25) is 11.7 Å². The van der Waals surface area contributed by atoms with Crippen molar-refractivity contribution in [3.8, 4) is 11.4 Å². The summed E-state index contributed by atoms with van der Waals surface area (Å²) in [6, 6.07) is 5.92. The van der Waals surface area contributed by atoms with Crippen LogP contribution in [0, 0.1) is 0 Å². The molecule has 2 aromatic rings. The second-order valence-electron chi connectivity index (χ2n) is 3.69. The van der Waals surface area contributed by atoms with Gasteiger partial charge in [0, 0.05) is 11.3 Å². The Labute approximate surface area is 111 Å². The Morgan fingerprint density at radius 1 is 1.30 bits per heavy atom. The fourth-order valence-electron chi connectivity index (χ4n) is 1.35. The van der Waals surface area contributed by atoms with Gasteiger partial charge in [-0.25, -0.2) is 0 Å². The third kappa shape index (κ3) is 3.02. The van der Waals surface area contributed by atoms with Gasteiger partial charge in [0.1, 0.15) is 0 Å². The van der Waals surface area contributed by atoms with Crippen LogP contribution in [0.2, 0.25) is 0 Å². The van der Waals surface area contributed by atoms with Crippen LogP contribution in [0.3, 0.4) is 0 Å². The predicted molar refractivity (Wildman–Crippen MR) is 63.6 cm³/mol. The Kier molecular flexibility index (Phi) is 3.55. The number of carbonyl (C=O) groups is 1. The van der Waals surface area contributed by atoms with E-state index in [9.17, 15) is 18.0 Å². The lowest BCUT2D eigenvalue weighted by Crippen LogP contribution is -2.06. The molecule has 1 amide bonds. The zero-order valence-electron chi connectivity index (χ0n) is 9.94. The highest BCUT2D eigenvalue weighted by Crippen LogP contribution is 2.29. The average Bonchev–Trinajstić information content (AvgIpc) is 2.89. The van der Waals surface area contributed by atoms with Gasteiger partial charge in [-0.3, -0.25) is 4.79 Å². The Morgan fingerprint density at radius 3 is 2.45 bits per heavy atom. The van der Waals surface area contributed by atoms with E-state index in [-0.39, 0.29) is 5.82 Å². The van der Waals surface area contributed by atoms with Crippen LogP contribution in [0.15, 0.2) is 41.4 Å². The summed E-state index contributed by atoms with van der Waals surface area (Å²) in [7, 11) is 0. The largest absolute Gasteiger partial charge is 0.471 e. The van der Waals surface area contributed by atoms with Crippen molar-refractivity contribution in [1.29, 1.82) is 0 Å².